The van der Waals surface area contributed by atoms with Gasteiger partial charge in [-0.05, 0) is 42.5 Å². The third-order valence-electron chi connectivity index (χ3n) is 3.61. The first kappa shape index (κ1) is 21.0. The van der Waals surface area contributed by atoms with E-state index in [1.165, 1.54) is 19.2 Å². The van der Waals surface area contributed by atoms with E-state index in [1.54, 1.807) is 17.2 Å². The number of halogens is 1. The number of hydroxylamine groups is 2. The number of hydrogen-bond acceptors (Lipinski definition) is 7. The van der Waals surface area contributed by atoms with Crippen molar-refractivity contribution in [2.45, 2.75) is 39.7 Å². The van der Waals surface area contributed by atoms with E-state index in [1.807, 2.05) is 20.8 Å². The van der Waals surface area contributed by atoms with E-state index in [9.17, 15) is 9.36 Å². The molecule has 1 aliphatic rings. The van der Waals surface area contributed by atoms with Gasteiger partial charge in [0.1, 0.15) is 17.5 Å². The van der Waals surface area contributed by atoms with Gasteiger partial charge in [-0.3, -0.25) is 4.84 Å². The van der Waals surface area contributed by atoms with Gasteiger partial charge in [0.25, 0.3) is 0 Å². The van der Waals surface area contributed by atoms with Crippen molar-refractivity contribution in [3.8, 4) is 11.5 Å². The number of rotatable bonds is 7. The van der Waals surface area contributed by atoms with Crippen LogP contribution in [0.15, 0.2) is 24.3 Å². The number of hydrogen-bond donors (Lipinski definition) is 0. The Morgan fingerprint density at radius 2 is 1.88 bits per heavy atom. The van der Waals surface area contributed by atoms with E-state index in [2.05, 4.69) is 0 Å². The Morgan fingerprint density at radius 1 is 1.27 bits per heavy atom. The van der Waals surface area contributed by atoms with Gasteiger partial charge in [0.15, 0.2) is 0 Å². The van der Waals surface area contributed by atoms with Crippen molar-refractivity contribution in [2.24, 2.45) is 5.41 Å². The zero-order chi connectivity index (χ0) is 19.4. The fourth-order valence-electron chi connectivity index (χ4n) is 2.36. The van der Waals surface area contributed by atoms with Crippen molar-refractivity contribution in [3.05, 3.63) is 24.3 Å². The van der Waals surface area contributed by atoms with E-state index in [0.29, 0.717) is 25.3 Å². The van der Waals surface area contributed by atoms with Gasteiger partial charge in [-0.15, -0.1) is 0 Å². The molecule has 1 unspecified atom stereocenters. The van der Waals surface area contributed by atoms with E-state index in [4.69, 9.17) is 29.9 Å². The van der Waals surface area contributed by atoms with Gasteiger partial charge in [-0.1, -0.05) is 20.8 Å². The molecular weight excluding hydrogens is 381 g/mol. The molecule has 1 aliphatic heterocycles. The van der Waals surface area contributed by atoms with Crippen molar-refractivity contribution in [3.63, 3.8) is 0 Å². The standard InChI is InChI=1S/C17H25ClNO6P/c1-17(2,3)12-23-19-11-5-6-15(19)16(20)25-26(18,21)24-14-9-7-13(22-4)8-10-14/h7-10,15H,5-6,11-12H2,1-4H3/t15-,26?/m0/s1. The highest BCUT2D eigenvalue weighted by Gasteiger charge is 2.38. The second-order valence-electron chi connectivity index (χ2n) is 7.24. The molecule has 2 atom stereocenters. The molecule has 1 heterocycles. The summed E-state index contributed by atoms with van der Waals surface area (Å²) in [6, 6.07) is 5.63. The van der Waals surface area contributed by atoms with Gasteiger partial charge in [0.2, 0.25) is 0 Å². The van der Waals surface area contributed by atoms with Gasteiger partial charge >= 0.3 is 12.9 Å². The predicted molar refractivity (Wildman–Crippen MR) is 98.3 cm³/mol. The molecule has 0 N–H and O–H groups in total. The molecule has 0 saturated carbocycles. The maximum Gasteiger partial charge on any atom is 0.532 e. The SMILES string of the molecule is COc1ccc(OP(=O)(Cl)OC(=O)[C@@H]2CCCN2OCC(C)(C)C)cc1. The molecule has 0 spiro atoms. The van der Waals surface area contributed by atoms with Crippen molar-refractivity contribution in [1.82, 2.24) is 5.06 Å². The predicted octanol–water partition coefficient (Wildman–Crippen LogP) is 4.41. The summed E-state index contributed by atoms with van der Waals surface area (Å²) in [5.74, 6) is 0.101. The summed E-state index contributed by atoms with van der Waals surface area (Å²) in [5, 5.41) is 1.57. The van der Waals surface area contributed by atoms with Crippen molar-refractivity contribution < 1.29 is 28.0 Å². The highest BCUT2D eigenvalue weighted by Crippen LogP contribution is 2.54. The number of ether oxygens (including phenoxy) is 1. The fourth-order valence-corrected chi connectivity index (χ4v) is 3.55. The first-order valence-corrected chi connectivity index (χ1v) is 10.8. The van der Waals surface area contributed by atoms with Crippen molar-refractivity contribution in [2.75, 3.05) is 20.3 Å². The minimum absolute atomic E-state index is 0.0453. The van der Waals surface area contributed by atoms with Crippen LogP contribution in [-0.4, -0.2) is 37.3 Å². The van der Waals surface area contributed by atoms with E-state index < -0.39 is 19.0 Å². The molecule has 2 rings (SSSR count). The molecule has 0 bridgehead atoms. The van der Waals surface area contributed by atoms with Gasteiger partial charge in [-0.2, -0.15) is 5.06 Å². The molecule has 26 heavy (non-hydrogen) atoms. The first-order valence-electron chi connectivity index (χ1n) is 8.36. The summed E-state index contributed by atoms with van der Waals surface area (Å²) in [5.41, 5.74) is -0.0453. The van der Waals surface area contributed by atoms with Crippen LogP contribution in [0.2, 0.25) is 0 Å². The Bertz CT molecular complexity index is 660. The number of carbonyl (C=O) groups excluding carboxylic acids is 1. The Labute approximate surface area is 158 Å². The summed E-state index contributed by atoms with van der Waals surface area (Å²) < 4.78 is 27.5. The highest BCUT2D eigenvalue weighted by molar-refractivity contribution is 7.82. The monoisotopic (exact) mass is 405 g/mol. The topological polar surface area (TPSA) is 74.3 Å². The molecule has 1 saturated heterocycles. The van der Waals surface area contributed by atoms with Crippen LogP contribution in [0.4, 0.5) is 0 Å². The van der Waals surface area contributed by atoms with Crippen LogP contribution < -0.4 is 9.26 Å². The zero-order valence-electron chi connectivity index (χ0n) is 15.4. The van der Waals surface area contributed by atoms with E-state index >= 15 is 0 Å². The Hall–Kier alpha value is -1.27. The lowest BCUT2D eigenvalue weighted by molar-refractivity contribution is -0.196. The van der Waals surface area contributed by atoms with Crippen LogP contribution in [0.1, 0.15) is 33.6 Å². The number of nitrogens with zero attached hydrogens (tertiary/aromatic N) is 1. The smallest absolute Gasteiger partial charge is 0.497 e. The second-order valence-corrected chi connectivity index (χ2v) is 9.71. The summed E-state index contributed by atoms with van der Waals surface area (Å²) in [6.07, 6.45) is 1.32. The van der Waals surface area contributed by atoms with Gasteiger partial charge in [0, 0.05) is 17.8 Å². The van der Waals surface area contributed by atoms with Crippen molar-refractivity contribution >= 4 is 24.2 Å². The molecule has 146 valence electrons. The lowest BCUT2D eigenvalue weighted by atomic mass is 9.99. The quantitative estimate of drug-likeness (QED) is 0.622. The van der Waals surface area contributed by atoms with Crippen LogP contribution in [0.5, 0.6) is 11.5 Å². The lowest BCUT2D eigenvalue weighted by Gasteiger charge is -2.27. The Morgan fingerprint density at radius 3 is 2.46 bits per heavy atom. The van der Waals surface area contributed by atoms with E-state index in [0.717, 1.165) is 6.42 Å². The molecule has 1 aromatic rings. The molecule has 1 fully saturated rings. The third-order valence-corrected chi connectivity index (χ3v) is 4.85. The maximum atomic E-state index is 12.4. The van der Waals surface area contributed by atoms with Crippen LogP contribution in [-0.2, 0) is 18.7 Å². The maximum absolute atomic E-state index is 12.4. The second kappa shape index (κ2) is 8.61. The summed E-state index contributed by atoms with van der Waals surface area (Å²) in [4.78, 5) is 18.1. The van der Waals surface area contributed by atoms with Crippen LogP contribution in [0.25, 0.3) is 0 Å². The largest absolute Gasteiger partial charge is 0.532 e. The van der Waals surface area contributed by atoms with Crippen molar-refractivity contribution in [1.29, 1.82) is 0 Å². The Balaban J connectivity index is 1.94. The van der Waals surface area contributed by atoms with Gasteiger partial charge in [0.05, 0.1) is 13.7 Å². The van der Waals surface area contributed by atoms with Crippen LogP contribution in [0.3, 0.4) is 0 Å². The molecule has 9 heteroatoms. The van der Waals surface area contributed by atoms with E-state index in [-0.39, 0.29) is 11.2 Å². The molecule has 0 aliphatic carbocycles. The number of carbonyl (C=O) groups is 1. The molecular formula is C17H25ClNO6P. The van der Waals surface area contributed by atoms with Crippen LogP contribution in [0, 0.1) is 5.41 Å². The Kier molecular flexibility index (Phi) is 6.97. The minimum atomic E-state index is -4.12. The zero-order valence-corrected chi connectivity index (χ0v) is 17.1. The normalized spacial score (nSPS) is 20.4. The van der Waals surface area contributed by atoms with Gasteiger partial charge in [-0.25, -0.2) is 9.36 Å². The first-order chi connectivity index (χ1) is 12.1. The third kappa shape index (κ3) is 6.47. The molecule has 0 radical (unpaired) electrons. The summed E-state index contributed by atoms with van der Waals surface area (Å²) >= 11 is 5.81. The molecule has 0 amide bonds. The highest BCUT2D eigenvalue weighted by atomic mass is 35.7. The minimum Gasteiger partial charge on any atom is -0.497 e. The average molecular weight is 406 g/mol. The summed E-state index contributed by atoms with van der Waals surface area (Å²) in [7, 11) is 1.53. The average Bonchev–Trinajstić information content (AvgIpc) is 3.01. The molecule has 7 nitrogen and oxygen atoms in total. The molecule has 0 aromatic heterocycles. The lowest BCUT2D eigenvalue weighted by Crippen LogP contribution is -2.38. The molecule has 1 aromatic carbocycles. The van der Waals surface area contributed by atoms with Crippen LogP contribution >= 0.6 is 18.2 Å². The number of methoxy groups -OCH3 is 1. The van der Waals surface area contributed by atoms with Gasteiger partial charge < -0.3 is 13.8 Å². The fraction of sp³-hybridized carbons (Fsp3) is 0.588. The number of benzene rings is 1. The summed E-state index contributed by atoms with van der Waals surface area (Å²) in [6.45, 7) is 3.03.